The quantitative estimate of drug-likeness (QED) is 0.809. The molecule has 116 valence electrons. The predicted octanol–water partition coefficient (Wildman–Crippen LogP) is 0.650. The van der Waals surface area contributed by atoms with Crippen LogP contribution in [0.3, 0.4) is 0 Å². The van der Waals surface area contributed by atoms with E-state index in [9.17, 15) is 13.2 Å². The number of carbonyl (C=O) groups is 1. The van der Waals surface area contributed by atoms with Crippen LogP contribution in [-0.4, -0.2) is 57.0 Å². The van der Waals surface area contributed by atoms with Crippen LogP contribution in [0.1, 0.15) is 5.56 Å². The van der Waals surface area contributed by atoms with Gasteiger partial charge in [-0.2, -0.15) is 4.31 Å². The van der Waals surface area contributed by atoms with Crippen molar-refractivity contribution in [1.82, 2.24) is 9.21 Å². The number of piperazine rings is 1. The van der Waals surface area contributed by atoms with Crippen LogP contribution in [0.25, 0.3) is 0 Å². The molecule has 1 fully saturated rings. The minimum absolute atomic E-state index is 0.111. The summed E-state index contributed by atoms with van der Waals surface area (Å²) < 4.78 is 31.1. The molecule has 7 nitrogen and oxygen atoms in total. The molecule has 1 saturated heterocycles. The number of benzene rings is 1. The number of nitrogen functional groups attached to an aromatic ring is 1. The summed E-state index contributed by atoms with van der Waals surface area (Å²) in [6, 6.07) is 4.87. The Kier molecular flexibility index (Phi) is 4.38. The molecule has 0 spiro atoms. The van der Waals surface area contributed by atoms with Gasteiger partial charge >= 0.3 is 6.09 Å². The first-order valence-corrected chi connectivity index (χ1v) is 7.99. The second kappa shape index (κ2) is 5.90. The van der Waals surface area contributed by atoms with Gasteiger partial charge in [0.1, 0.15) is 4.90 Å². The van der Waals surface area contributed by atoms with Gasteiger partial charge in [-0.05, 0) is 24.6 Å². The van der Waals surface area contributed by atoms with Crippen molar-refractivity contribution in [3.63, 3.8) is 0 Å². The third-order valence-electron chi connectivity index (χ3n) is 3.45. The minimum atomic E-state index is -3.64. The Bertz CT molecular complexity index is 637. The molecule has 0 aliphatic carbocycles. The van der Waals surface area contributed by atoms with Gasteiger partial charge in [-0.3, -0.25) is 0 Å². The Labute approximate surface area is 124 Å². The third-order valence-corrected chi connectivity index (χ3v) is 5.43. The average molecular weight is 313 g/mol. The van der Waals surface area contributed by atoms with E-state index in [2.05, 4.69) is 4.74 Å². The summed E-state index contributed by atoms with van der Waals surface area (Å²) in [6.07, 6.45) is -0.443. The lowest BCUT2D eigenvalue weighted by Gasteiger charge is -2.33. The zero-order chi connectivity index (χ0) is 15.6. The molecule has 1 aromatic rings. The van der Waals surface area contributed by atoms with Gasteiger partial charge < -0.3 is 15.4 Å². The van der Waals surface area contributed by atoms with Crippen molar-refractivity contribution in [3.05, 3.63) is 23.8 Å². The second-order valence-electron chi connectivity index (χ2n) is 4.90. The summed E-state index contributed by atoms with van der Waals surface area (Å²) in [5.74, 6) is 0. The first-order chi connectivity index (χ1) is 9.86. The fourth-order valence-electron chi connectivity index (χ4n) is 2.28. The van der Waals surface area contributed by atoms with E-state index in [1.807, 2.05) is 6.92 Å². The third kappa shape index (κ3) is 3.11. The maximum Gasteiger partial charge on any atom is 0.409 e. The summed E-state index contributed by atoms with van der Waals surface area (Å²) >= 11 is 0. The smallest absolute Gasteiger partial charge is 0.409 e. The molecule has 0 aromatic heterocycles. The zero-order valence-corrected chi connectivity index (χ0v) is 12.9. The largest absolute Gasteiger partial charge is 0.453 e. The van der Waals surface area contributed by atoms with Crippen LogP contribution in [0.2, 0.25) is 0 Å². The Morgan fingerprint density at radius 2 is 1.86 bits per heavy atom. The van der Waals surface area contributed by atoms with Crippen molar-refractivity contribution in [2.45, 2.75) is 11.8 Å². The van der Waals surface area contributed by atoms with Gasteiger partial charge in [0.2, 0.25) is 10.0 Å². The van der Waals surface area contributed by atoms with Gasteiger partial charge in [-0.25, -0.2) is 13.2 Å². The highest BCUT2D eigenvalue weighted by atomic mass is 32.2. The van der Waals surface area contributed by atoms with E-state index in [1.54, 1.807) is 12.1 Å². The zero-order valence-electron chi connectivity index (χ0n) is 12.1. The number of sulfonamides is 1. The molecule has 0 radical (unpaired) electrons. The normalized spacial score (nSPS) is 16.8. The monoisotopic (exact) mass is 313 g/mol. The first-order valence-electron chi connectivity index (χ1n) is 6.55. The molecule has 2 N–H and O–H groups in total. The van der Waals surface area contributed by atoms with Crippen molar-refractivity contribution in [1.29, 1.82) is 0 Å². The number of methoxy groups -OCH3 is 1. The Balaban J connectivity index is 2.17. The van der Waals surface area contributed by atoms with Crippen molar-refractivity contribution >= 4 is 21.8 Å². The summed E-state index contributed by atoms with van der Waals surface area (Å²) in [7, 11) is -2.33. The van der Waals surface area contributed by atoms with Crippen molar-refractivity contribution < 1.29 is 17.9 Å². The number of carbonyl (C=O) groups excluding carboxylic acids is 1. The molecule has 1 aromatic carbocycles. The molecule has 1 aliphatic rings. The van der Waals surface area contributed by atoms with Gasteiger partial charge in [-0.1, -0.05) is 6.07 Å². The van der Waals surface area contributed by atoms with Crippen molar-refractivity contribution in [3.8, 4) is 0 Å². The molecule has 0 bridgehead atoms. The lowest BCUT2D eigenvalue weighted by Crippen LogP contribution is -2.50. The summed E-state index contributed by atoms with van der Waals surface area (Å²) in [5, 5.41) is 0. The highest BCUT2D eigenvalue weighted by molar-refractivity contribution is 7.89. The fraction of sp³-hybridized carbons (Fsp3) is 0.462. The number of anilines is 1. The first kappa shape index (κ1) is 15.6. The van der Waals surface area contributed by atoms with Gasteiger partial charge in [0, 0.05) is 26.2 Å². The number of ether oxygens (including phenoxy) is 1. The van der Waals surface area contributed by atoms with Crippen molar-refractivity contribution in [2.24, 2.45) is 0 Å². The standard InChI is InChI=1S/C13H19N3O4S/c1-10-3-4-12(11(14)9-10)21(18,19)16-7-5-15(6-8-16)13(17)20-2/h3-4,9H,5-8,14H2,1-2H3. The maximum absolute atomic E-state index is 12.6. The summed E-state index contributed by atoms with van der Waals surface area (Å²) in [6.45, 7) is 2.91. The number of aryl methyl sites for hydroxylation is 1. The number of rotatable bonds is 2. The van der Waals surface area contributed by atoms with E-state index in [-0.39, 0.29) is 23.7 Å². The number of amides is 1. The topological polar surface area (TPSA) is 92.9 Å². The van der Waals surface area contributed by atoms with Gasteiger partial charge in [0.05, 0.1) is 12.8 Å². The molecule has 1 heterocycles. The molecular weight excluding hydrogens is 294 g/mol. The number of hydrogen-bond donors (Lipinski definition) is 1. The van der Waals surface area contributed by atoms with Crippen LogP contribution in [-0.2, 0) is 14.8 Å². The number of hydrogen-bond acceptors (Lipinski definition) is 5. The average Bonchev–Trinajstić information content (AvgIpc) is 2.46. The minimum Gasteiger partial charge on any atom is -0.453 e. The molecule has 0 atom stereocenters. The predicted molar refractivity (Wildman–Crippen MR) is 78.3 cm³/mol. The summed E-state index contributed by atoms with van der Waals surface area (Å²) in [4.78, 5) is 13.0. The highest BCUT2D eigenvalue weighted by Crippen LogP contribution is 2.24. The van der Waals surface area contributed by atoms with E-state index in [1.165, 1.54) is 22.4 Å². The molecule has 1 aliphatic heterocycles. The van der Waals surface area contributed by atoms with Crippen LogP contribution in [0.4, 0.5) is 10.5 Å². The SMILES string of the molecule is COC(=O)N1CCN(S(=O)(=O)c2ccc(C)cc2N)CC1. The lowest BCUT2D eigenvalue weighted by molar-refractivity contribution is 0.108. The Hall–Kier alpha value is -1.80. The molecule has 1 amide bonds. The molecule has 21 heavy (non-hydrogen) atoms. The van der Waals surface area contributed by atoms with Crippen molar-refractivity contribution in [2.75, 3.05) is 39.0 Å². The second-order valence-corrected chi connectivity index (χ2v) is 6.81. The molecule has 0 unspecified atom stereocenters. The van der Waals surface area contributed by atoms with Gasteiger partial charge in [-0.15, -0.1) is 0 Å². The van der Waals surface area contributed by atoms with E-state index in [4.69, 9.17) is 5.73 Å². The molecule has 8 heteroatoms. The Morgan fingerprint density at radius 1 is 1.24 bits per heavy atom. The Morgan fingerprint density at radius 3 is 2.38 bits per heavy atom. The van der Waals surface area contributed by atoms with Crippen LogP contribution in [0, 0.1) is 6.92 Å². The van der Waals surface area contributed by atoms with Gasteiger partial charge in [0.25, 0.3) is 0 Å². The fourth-order valence-corrected chi connectivity index (χ4v) is 3.80. The molecule has 2 rings (SSSR count). The number of nitrogens with zero attached hydrogens (tertiary/aromatic N) is 2. The number of nitrogens with two attached hydrogens (primary N) is 1. The van der Waals surface area contributed by atoms with E-state index in [0.29, 0.717) is 13.1 Å². The van der Waals surface area contributed by atoms with E-state index < -0.39 is 16.1 Å². The van der Waals surface area contributed by atoms with Gasteiger partial charge in [0.15, 0.2) is 0 Å². The van der Waals surface area contributed by atoms with Crippen LogP contribution in [0.15, 0.2) is 23.1 Å². The van der Waals surface area contributed by atoms with Crippen LogP contribution in [0.5, 0.6) is 0 Å². The summed E-state index contributed by atoms with van der Waals surface area (Å²) in [5.41, 5.74) is 6.97. The van der Waals surface area contributed by atoms with Crippen LogP contribution < -0.4 is 5.73 Å². The highest BCUT2D eigenvalue weighted by Gasteiger charge is 2.31. The molecular formula is C13H19N3O4S. The molecule has 0 saturated carbocycles. The van der Waals surface area contributed by atoms with E-state index in [0.717, 1.165) is 5.56 Å². The lowest BCUT2D eigenvalue weighted by atomic mass is 10.2. The van der Waals surface area contributed by atoms with Crippen LogP contribution >= 0.6 is 0 Å². The maximum atomic E-state index is 12.6. The van der Waals surface area contributed by atoms with E-state index >= 15 is 0 Å².